The Morgan fingerprint density at radius 3 is 2.58 bits per heavy atom. The van der Waals surface area contributed by atoms with E-state index in [9.17, 15) is 19.2 Å². The minimum Gasteiger partial charge on any atom is -0.491 e. The van der Waals surface area contributed by atoms with Crippen molar-refractivity contribution in [2.24, 2.45) is 0 Å². The largest absolute Gasteiger partial charge is 0.491 e. The number of carbonyl (C=O) groups excluding carboxylic acids is 4. The maximum absolute atomic E-state index is 12.0. The number of hydrogen-bond donors (Lipinski definition) is 1. The van der Waals surface area contributed by atoms with Gasteiger partial charge in [0.25, 0.3) is 0 Å². The van der Waals surface area contributed by atoms with Crippen LogP contribution in [-0.2, 0) is 23.9 Å². The Kier molecular flexibility index (Phi) is 5.94. The zero-order chi connectivity index (χ0) is 21.8. The van der Waals surface area contributed by atoms with Gasteiger partial charge in [-0.15, -0.1) is 11.3 Å². The first-order valence-corrected chi connectivity index (χ1v) is 10.3. The Labute approximate surface area is 180 Å². The smallest absolute Gasteiger partial charge is 0.425 e. The minimum absolute atomic E-state index is 0.00640. The quantitative estimate of drug-likeness (QED) is 0.272. The van der Waals surface area contributed by atoms with E-state index < -0.39 is 11.9 Å². The Morgan fingerprint density at radius 1 is 1.10 bits per heavy atom. The molecule has 3 aromatic rings. The summed E-state index contributed by atoms with van der Waals surface area (Å²) >= 11 is 1.40. The zero-order valence-corrected chi connectivity index (χ0v) is 17.0. The summed E-state index contributed by atoms with van der Waals surface area (Å²) < 4.78 is 16.0. The van der Waals surface area contributed by atoms with Crippen LogP contribution < -0.4 is 14.8 Å². The van der Waals surface area contributed by atoms with Gasteiger partial charge < -0.3 is 19.5 Å². The predicted molar refractivity (Wildman–Crippen MR) is 112 cm³/mol. The van der Waals surface area contributed by atoms with E-state index in [2.05, 4.69) is 10.1 Å². The molecule has 2 heterocycles. The maximum atomic E-state index is 12.0. The number of nitrogens with one attached hydrogen (secondary N) is 1. The molecule has 1 atom stereocenters. The van der Waals surface area contributed by atoms with Crippen LogP contribution in [0, 0.1) is 0 Å². The number of thiophene rings is 1. The Balaban J connectivity index is 1.56. The standard InChI is InChI=1S/C22H17NO7S/c24-12-29-21(26)22(27)30-19-16-3-1-2-4-17(16)31-20(19)13-5-8-15(9-6-13)28-11-14-7-10-18(25)23-14/h1-6,8-9,12,14H,7,10-11H2,(H,23,25). The molecule has 1 unspecified atom stereocenters. The van der Waals surface area contributed by atoms with Gasteiger partial charge >= 0.3 is 18.4 Å². The Morgan fingerprint density at radius 2 is 1.87 bits per heavy atom. The van der Waals surface area contributed by atoms with E-state index in [-0.39, 0.29) is 24.2 Å². The van der Waals surface area contributed by atoms with Crippen LogP contribution in [0.3, 0.4) is 0 Å². The van der Waals surface area contributed by atoms with Gasteiger partial charge in [0.15, 0.2) is 5.75 Å². The highest BCUT2D eigenvalue weighted by Crippen LogP contribution is 2.44. The summed E-state index contributed by atoms with van der Waals surface area (Å²) in [5.41, 5.74) is 0.759. The molecular formula is C22H17NO7S. The SMILES string of the molecule is O=COC(=O)C(=O)Oc1c(-c2ccc(OCC3CCC(=O)N3)cc2)sc2ccccc12. The summed E-state index contributed by atoms with van der Waals surface area (Å²) in [5.74, 6) is -1.78. The fraction of sp³-hybridized carbons (Fsp3) is 0.182. The summed E-state index contributed by atoms with van der Waals surface area (Å²) in [6.07, 6.45) is 1.26. The van der Waals surface area contributed by atoms with E-state index in [0.29, 0.717) is 29.0 Å². The summed E-state index contributed by atoms with van der Waals surface area (Å²) in [6.45, 7) is 0.266. The molecule has 31 heavy (non-hydrogen) atoms. The second-order valence-corrected chi connectivity index (χ2v) is 7.84. The van der Waals surface area contributed by atoms with Crippen LogP contribution in [0.5, 0.6) is 11.5 Å². The normalized spacial score (nSPS) is 15.4. The molecule has 158 valence electrons. The van der Waals surface area contributed by atoms with Crippen LogP contribution in [0.15, 0.2) is 48.5 Å². The Bertz CT molecular complexity index is 1150. The molecule has 0 bridgehead atoms. The summed E-state index contributed by atoms with van der Waals surface area (Å²) in [6, 6.07) is 14.5. The molecule has 0 spiro atoms. The molecule has 2 aromatic carbocycles. The maximum Gasteiger partial charge on any atom is 0.425 e. The van der Waals surface area contributed by atoms with Gasteiger partial charge in [0.2, 0.25) is 5.91 Å². The molecular weight excluding hydrogens is 422 g/mol. The van der Waals surface area contributed by atoms with E-state index in [4.69, 9.17) is 9.47 Å². The molecule has 9 heteroatoms. The lowest BCUT2D eigenvalue weighted by atomic mass is 10.1. The molecule has 1 aromatic heterocycles. The first-order chi connectivity index (χ1) is 15.0. The fourth-order valence-electron chi connectivity index (χ4n) is 3.24. The topological polar surface area (TPSA) is 108 Å². The number of esters is 2. The fourth-order valence-corrected chi connectivity index (χ4v) is 4.38. The van der Waals surface area contributed by atoms with E-state index in [0.717, 1.165) is 16.7 Å². The van der Waals surface area contributed by atoms with Gasteiger partial charge in [-0.25, -0.2) is 9.59 Å². The van der Waals surface area contributed by atoms with Gasteiger partial charge in [-0.1, -0.05) is 12.1 Å². The zero-order valence-electron chi connectivity index (χ0n) is 16.2. The first kappa shape index (κ1) is 20.5. The lowest BCUT2D eigenvalue weighted by Gasteiger charge is -2.12. The third kappa shape index (κ3) is 4.56. The number of ether oxygens (including phenoxy) is 3. The van der Waals surface area contributed by atoms with E-state index in [1.807, 2.05) is 24.3 Å². The number of hydrogen-bond acceptors (Lipinski definition) is 8. The monoisotopic (exact) mass is 439 g/mol. The van der Waals surface area contributed by atoms with Crippen molar-refractivity contribution in [3.63, 3.8) is 0 Å². The second kappa shape index (κ2) is 8.97. The van der Waals surface area contributed by atoms with E-state index >= 15 is 0 Å². The molecule has 8 nitrogen and oxygen atoms in total. The third-order valence-electron chi connectivity index (χ3n) is 4.72. The van der Waals surface area contributed by atoms with Crippen molar-refractivity contribution in [2.45, 2.75) is 18.9 Å². The average molecular weight is 439 g/mol. The number of carbonyl (C=O) groups is 4. The van der Waals surface area contributed by atoms with Gasteiger partial charge in [-0.2, -0.15) is 0 Å². The molecule has 1 saturated heterocycles. The predicted octanol–water partition coefficient (Wildman–Crippen LogP) is 2.83. The van der Waals surface area contributed by atoms with Crippen molar-refractivity contribution < 1.29 is 33.4 Å². The van der Waals surface area contributed by atoms with Gasteiger partial charge in [-0.3, -0.25) is 9.59 Å². The molecule has 4 rings (SSSR count). The summed E-state index contributed by atoms with van der Waals surface area (Å²) in [7, 11) is 0. The summed E-state index contributed by atoms with van der Waals surface area (Å²) in [4.78, 5) is 45.8. The van der Waals surface area contributed by atoms with Crippen molar-refractivity contribution in [1.82, 2.24) is 5.32 Å². The van der Waals surface area contributed by atoms with Gasteiger partial charge in [0.05, 0.1) is 10.9 Å². The molecule has 0 radical (unpaired) electrons. The lowest BCUT2D eigenvalue weighted by molar-refractivity contribution is -0.164. The van der Waals surface area contributed by atoms with E-state index in [1.165, 1.54) is 11.3 Å². The van der Waals surface area contributed by atoms with Crippen molar-refractivity contribution >= 4 is 45.7 Å². The van der Waals surface area contributed by atoms with Crippen LogP contribution in [0.4, 0.5) is 0 Å². The number of rotatable bonds is 6. The highest BCUT2D eigenvalue weighted by atomic mass is 32.1. The van der Waals surface area contributed by atoms with Gasteiger partial charge in [0.1, 0.15) is 12.4 Å². The van der Waals surface area contributed by atoms with Crippen molar-refractivity contribution in [3.05, 3.63) is 48.5 Å². The average Bonchev–Trinajstić information content (AvgIpc) is 3.36. The molecule has 0 aliphatic carbocycles. The van der Waals surface area contributed by atoms with Gasteiger partial charge in [-0.05, 0) is 48.4 Å². The molecule has 1 fully saturated rings. The van der Waals surface area contributed by atoms with Crippen LogP contribution in [0.25, 0.3) is 20.5 Å². The van der Waals surface area contributed by atoms with E-state index in [1.54, 1.807) is 24.3 Å². The van der Waals surface area contributed by atoms with Crippen molar-refractivity contribution in [2.75, 3.05) is 6.61 Å². The Hall–Kier alpha value is -3.72. The van der Waals surface area contributed by atoms with Crippen LogP contribution in [0.1, 0.15) is 12.8 Å². The van der Waals surface area contributed by atoms with Crippen LogP contribution in [-0.4, -0.2) is 37.0 Å². The number of fused-ring (bicyclic) bond motifs is 1. The molecule has 1 amide bonds. The highest BCUT2D eigenvalue weighted by Gasteiger charge is 2.24. The second-order valence-electron chi connectivity index (χ2n) is 6.79. The minimum atomic E-state index is -1.39. The first-order valence-electron chi connectivity index (χ1n) is 9.45. The lowest BCUT2D eigenvalue weighted by Crippen LogP contribution is -2.30. The van der Waals surface area contributed by atoms with Gasteiger partial charge in [0, 0.05) is 16.5 Å². The van der Waals surface area contributed by atoms with Crippen LogP contribution >= 0.6 is 11.3 Å². The molecule has 1 aliphatic heterocycles. The number of benzene rings is 2. The molecule has 1 N–H and O–H groups in total. The van der Waals surface area contributed by atoms with Crippen molar-refractivity contribution in [1.29, 1.82) is 0 Å². The molecule has 0 saturated carbocycles. The van der Waals surface area contributed by atoms with Crippen LogP contribution in [0.2, 0.25) is 0 Å². The number of amides is 1. The third-order valence-corrected chi connectivity index (χ3v) is 5.92. The highest BCUT2D eigenvalue weighted by molar-refractivity contribution is 7.22. The van der Waals surface area contributed by atoms with Crippen molar-refractivity contribution in [3.8, 4) is 21.9 Å². The summed E-state index contributed by atoms with van der Waals surface area (Å²) in [5, 5.41) is 3.51. The molecule has 1 aliphatic rings.